The van der Waals surface area contributed by atoms with Gasteiger partial charge in [-0.1, -0.05) is 41.7 Å². The molecule has 27 heavy (non-hydrogen) atoms. The van der Waals surface area contributed by atoms with Crippen LogP contribution in [0.5, 0.6) is 11.5 Å². The molecule has 0 radical (unpaired) electrons. The van der Waals surface area contributed by atoms with Crippen LogP contribution in [0.25, 0.3) is 10.2 Å². The molecule has 6 heteroatoms. The first kappa shape index (κ1) is 17.2. The molecule has 0 saturated heterocycles. The molecule has 0 fully saturated rings. The van der Waals surface area contributed by atoms with Crippen LogP contribution in [-0.4, -0.2) is 15.9 Å². The van der Waals surface area contributed by atoms with E-state index < -0.39 is 0 Å². The molecule has 0 aliphatic carbocycles. The van der Waals surface area contributed by atoms with Crippen LogP contribution in [0.4, 0.5) is 5.13 Å². The third kappa shape index (κ3) is 4.30. The summed E-state index contributed by atoms with van der Waals surface area (Å²) < 4.78 is 6.84. The number of ether oxygens (including phenoxy) is 1. The molecule has 2 aromatic carbocycles. The first-order valence-corrected chi connectivity index (χ1v) is 9.32. The molecule has 0 spiro atoms. The molecule has 0 atom stereocenters. The maximum Gasteiger partial charge on any atom is 0.230 e. The summed E-state index contributed by atoms with van der Waals surface area (Å²) in [6.45, 7) is 1.92. The summed E-state index contributed by atoms with van der Waals surface area (Å²) in [6.07, 6.45) is 2.04. The lowest BCUT2D eigenvalue weighted by molar-refractivity contribution is -0.115. The van der Waals surface area contributed by atoms with Crippen molar-refractivity contribution >= 4 is 32.6 Å². The van der Waals surface area contributed by atoms with Crippen molar-refractivity contribution in [2.45, 2.75) is 13.3 Å². The largest absolute Gasteiger partial charge is 0.457 e. The maximum absolute atomic E-state index is 12.2. The molecule has 134 valence electrons. The van der Waals surface area contributed by atoms with Gasteiger partial charge in [0.25, 0.3) is 0 Å². The molecule has 0 aliphatic heterocycles. The summed E-state index contributed by atoms with van der Waals surface area (Å²) >= 11 is 1.43. The third-order valence-corrected chi connectivity index (χ3v) is 4.85. The van der Waals surface area contributed by atoms with Gasteiger partial charge in [0.15, 0.2) is 5.13 Å². The zero-order chi connectivity index (χ0) is 18.6. The van der Waals surface area contributed by atoms with Crippen molar-refractivity contribution in [3.8, 4) is 11.5 Å². The molecule has 0 aliphatic rings. The second-order valence-electron chi connectivity index (χ2n) is 6.09. The summed E-state index contributed by atoms with van der Waals surface area (Å²) in [4.78, 5) is 20.9. The van der Waals surface area contributed by atoms with Gasteiger partial charge >= 0.3 is 0 Å². The lowest BCUT2D eigenvalue weighted by atomic mass is 10.1. The Balaban J connectivity index is 1.48. The van der Waals surface area contributed by atoms with Crippen LogP contribution in [0.3, 0.4) is 0 Å². The SMILES string of the molecule is Cc1cc(Oc2ccc3nc(NC(=O)Cc4ccccc4)sc3c2)ccn1. The fourth-order valence-corrected chi connectivity index (χ4v) is 3.60. The molecular formula is C21H17N3O2S. The van der Waals surface area contributed by atoms with Crippen molar-refractivity contribution in [1.29, 1.82) is 0 Å². The number of aromatic nitrogens is 2. The van der Waals surface area contributed by atoms with Crippen LogP contribution < -0.4 is 10.1 Å². The molecule has 2 heterocycles. The molecule has 0 bridgehead atoms. The van der Waals surface area contributed by atoms with E-state index in [1.165, 1.54) is 11.3 Å². The fourth-order valence-electron chi connectivity index (χ4n) is 2.69. The number of rotatable bonds is 5. The summed E-state index contributed by atoms with van der Waals surface area (Å²) in [6, 6.07) is 19.0. The van der Waals surface area contributed by atoms with E-state index in [4.69, 9.17) is 4.74 Å². The van der Waals surface area contributed by atoms with Crippen LogP contribution in [0.15, 0.2) is 66.9 Å². The number of benzene rings is 2. The number of carbonyl (C=O) groups is 1. The van der Waals surface area contributed by atoms with E-state index in [0.717, 1.165) is 33.0 Å². The molecule has 4 rings (SSSR count). The van der Waals surface area contributed by atoms with Crippen molar-refractivity contribution in [1.82, 2.24) is 9.97 Å². The molecule has 1 N–H and O–H groups in total. The Morgan fingerprint density at radius 3 is 2.70 bits per heavy atom. The average Bonchev–Trinajstić information content (AvgIpc) is 3.04. The van der Waals surface area contributed by atoms with Crippen LogP contribution in [0, 0.1) is 6.92 Å². The standard InChI is InChI=1S/C21H17N3O2S/c1-14-11-17(9-10-22-14)26-16-7-8-18-19(13-16)27-21(23-18)24-20(25)12-15-5-3-2-4-6-15/h2-11,13H,12H2,1H3,(H,23,24,25). The lowest BCUT2D eigenvalue weighted by Crippen LogP contribution is -2.13. The highest BCUT2D eigenvalue weighted by Gasteiger charge is 2.10. The minimum Gasteiger partial charge on any atom is -0.457 e. The predicted molar refractivity (Wildman–Crippen MR) is 107 cm³/mol. The Hall–Kier alpha value is -3.25. The molecule has 5 nitrogen and oxygen atoms in total. The number of pyridine rings is 1. The van der Waals surface area contributed by atoms with Gasteiger partial charge in [-0.2, -0.15) is 0 Å². The van der Waals surface area contributed by atoms with Gasteiger partial charge in [-0.3, -0.25) is 9.78 Å². The van der Waals surface area contributed by atoms with Gasteiger partial charge in [-0.25, -0.2) is 4.98 Å². The minimum atomic E-state index is -0.0796. The number of nitrogens with one attached hydrogen (secondary N) is 1. The van der Waals surface area contributed by atoms with Crippen molar-refractivity contribution in [2.24, 2.45) is 0 Å². The van der Waals surface area contributed by atoms with E-state index in [9.17, 15) is 4.79 Å². The lowest BCUT2D eigenvalue weighted by Gasteiger charge is -2.05. The van der Waals surface area contributed by atoms with Crippen LogP contribution in [0.2, 0.25) is 0 Å². The Morgan fingerprint density at radius 1 is 1.07 bits per heavy atom. The van der Waals surface area contributed by atoms with Gasteiger partial charge in [0.2, 0.25) is 5.91 Å². The third-order valence-electron chi connectivity index (χ3n) is 3.92. The second kappa shape index (κ2) is 7.55. The monoisotopic (exact) mass is 375 g/mol. The van der Waals surface area contributed by atoms with Gasteiger partial charge in [-0.15, -0.1) is 0 Å². The van der Waals surface area contributed by atoms with E-state index in [1.807, 2.05) is 67.6 Å². The quantitative estimate of drug-likeness (QED) is 0.535. The summed E-state index contributed by atoms with van der Waals surface area (Å²) in [5.74, 6) is 1.38. The van der Waals surface area contributed by atoms with Crippen molar-refractivity contribution < 1.29 is 9.53 Å². The Bertz CT molecular complexity index is 1090. The zero-order valence-corrected chi connectivity index (χ0v) is 15.5. The van der Waals surface area contributed by atoms with E-state index in [1.54, 1.807) is 6.20 Å². The molecular weight excluding hydrogens is 358 g/mol. The van der Waals surface area contributed by atoms with Crippen molar-refractivity contribution in [3.63, 3.8) is 0 Å². The number of thiazole rings is 1. The molecule has 4 aromatic rings. The van der Waals surface area contributed by atoms with Crippen molar-refractivity contribution in [2.75, 3.05) is 5.32 Å². The van der Waals surface area contributed by atoms with Gasteiger partial charge in [0.1, 0.15) is 11.5 Å². The molecule has 0 saturated carbocycles. The summed E-state index contributed by atoms with van der Waals surface area (Å²) in [7, 11) is 0. The first-order valence-electron chi connectivity index (χ1n) is 8.50. The Morgan fingerprint density at radius 2 is 1.89 bits per heavy atom. The Kier molecular flexibility index (Phi) is 4.80. The average molecular weight is 375 g/mol. The summed E-state index contributed by atoms with van der Waals surface area (Å²) in [5, 5.41) is 3.46. The summed E-state index contributed by atoms with van der Waals surface area (Å²) in [5.41, 5.74) is 2.70. The number of nitrogens with zero attached hydrogens (tertiary/aromatic N) is 2. The van der Waals surface area contributed by atoms with E-state index >= 15 is 0 Å². The maximum atomic E-state index is 12.2. The van der Waals surface area contributed by atoms with Crippen LogP contribution >= 0.6 is 11.3 Å². The normalized spacial score (nSPS) is 10.7. The number of fused-ring (bicyclic) bond motifs is 1. The van der Waals surface area contributed by atoms with Crippen LogP contribution in [0.1, 0.15) is 11.3 Å². The van der Waals surface area contributed by atoms with E-state index in [2.05, 4.69) is 15.3 Å². The number of carbonyl (C=O) groups excluding carboxylic acids is 1. The minimum absolute atomic E-state index is 0.0796. The number of aryl methyl sites for hydroxylation is 1. The zero-order valence-electron chi connectivity index (χ0n) is 14.7. The highest BCUT2D eigenvalue weighted by molar-refractivity contribution is 7.22. The molecule has 1 amide bonds. The predicted octanol–water partition coefficient (Wildman–Crippen LogP) is 4.97. The number of amides is 1. The number of hydrogen-bond acceptors (Lipinski definition) is 5. The number of anilines is 1. The first-order chi connectivity index (χ1) is 13.2. The van der Waals surface area contributed by atoms with E-state index in [0.29, 0.717) is 11.6 Å². The number of hydrogen-bond donors (Lipinski definition) is 1. The van der Waals surface area contributed by atoms with E-state index in [-0.39, 0.29) is 5.91 Å². The van der Waals surface area contributed by atoms with Gasteiger partial charge in [-0.05, 0) is 30.7 Å². The molecule has 0 unspecified atom stereocenters. The highest BCUT2D eigenvalue weighted by Crippen LogP contribution is 2.31. The van der Waals surface area contributed by atoms with Gasteiger partial charge in [0, 0.05) is 24.0 Å². The Labute approximate surface area is 160 Å². The topological polar surface area (TPSA) is 64.1 Å². The highest BCUT2D eigenvalue weighted by atomic mass is 32.1. The second-order valence-corrected chi connectivity index (χ2v) is 7.12. The van der Waals surface area contributed by atoms with Crippen LogP contribution in [-0.2, 0) is 11.2 Å². The van der Waals surface area contributed by atoms with Gasteiger partial charge < -0.3 is 10.1 Å². The van der Waals surface area contributed by atoms with Crippen molar-refractivity contribution in [3.05, 3.63) is 78.1 Å². The molecule has 2 aromatic heterocycles. The smallest absolute Gasteiger partial charge is 0.230 e. The fraction of sp³-hybridized carbons (Fsp3) is 0.0952. The van der Waals surface area contributed by atoms with Gasteiger partial charge in [0.05, 0.1) is 16.6 Å².